The van der Waals surface area contributed by atoms with Crippen LogP contribution in [0.4, 0.5) is 13.9 Å². The van der Waals surface area contributed by atoms with Gasteiger partial charge in [0.15, 0.2) is 0 Å². The molecule has 0 radical (unpaired) electrons. The highest BCUT2D eigenvalue weighted by molar-refractivity contribution is 7.22. The number of hydrogen-bond donors (Lipinski definition) is 2. The number of hydrogen-bond acceptors (Lipinski definition) is 4. The van der Waals surface area contributed by atoms with Gasteiger partial charge < -0.3 is 0 Å². The summed E-state index contributed by atoms with van der Waals surface area (Å²) in [5.74, 6) is -2.81. The number of carbonyl (C=O) groups is 1. The second-order valence-electron chi connectivity index (χ2n) is 4.28. The van der Waals surface area contributed by atoms with Crippen LogP contribution in [0.15, 0.2) is 36.4 Å². The topological polar surface area (TPSA) is 54.0 Å². The number of aromatic nitrogens is 1. The number of anilines is 1. The van der Waals surface area contributed by atoms with Crippen LogP contribution >= 0.6 is 22.9 Å². The fraction of sp³-hybridized carbons (Fsp3) is 0. The molecule has 3 aromatic rings. The predicted molar refractivity (Wildman–Crippen MR) is 82.1 cm³/mol. The third-order valence-electron chi connectivity index (χ3n) is 2.84. The Bertz CT molecular complexity index is 848. The van der Waals surface area contributed by atoms with E-state index >= 15 is 0 Å². The second kappa shape index (κ2) is 5.86. The number of nitrogens with zero attached hydrogens (tertiary/aromatic N) is 1. The number of amides is 1. The van der Waals surface area contributed by atoms with E-state index in [0.717, 1.165) is 16.8 Å². The molecule has 2 N–H and O–H groups in total. The standard InChI is InChI=1S/C14H8ClF2N3OS/c15-7-3-1-6-10-12(7)18-14(22-10)20-19-13(21)11-8(16)4-2-5-9(11)17/h1-6H,(H,18,20)(H,19,21). The first kappa shape index (κ1) is 14.7. The van der Waals surface area contributed by atoms with Crippen molar-refractivity contribution in [3.8, 4) is 0 Å². The van der Waals surface area contributed by atoms with E-state index in [9.17, 15) is 13.6 Å². The van der Waals surface area contributed by atoms with Gasteiger partial charge in [-0.15, -0.1) is 0 Å². The summed E-state index contributed by atoms with van der Waals surface area (Å²) in [4.78, 5) is 16.0. The molecule has 1 aromatic heterocycles. The predicted octanol–water partition coefficient (Wildman–Crippen LogP) is 3.98. The Kier molecular flexibility index (Phi) is 3.91. The summed E-state index contributed by atoms with van der Waals surface area (Å²) in [5.41, 5.74) is 4.67. The lowest BCUT2D eigenvalue weighted by atomic mass is 10.2. The summed E-state index contributed by atoms with van der Waals surface area (Å²) in [6, 6.07) is 8.50. The van der Waals surface area contributed by atoms with Crippen LogP contribution in [0.3, 0.4) is 0 Å². The molecule has 0 unspecified atom stereocenters. The van der Waals surface area contributed by atoms with Gasteiger partial charge in [-0.3, -0.25) is 15.6 Å². The van der Waals surface area contributed by atoms with Crippen LogP contribution in [-0.4, -0.2) is 10.9 Å². The molecule has 0 saturated carbocycles. The van der Waals surface area contributed by atoms with Gasteiger partial charge in [-0.25, -0.2) is 13.8 Å². The zero-order valence-corrected chi connectivity index (χ0v) is 12.4. The average Bonchev–Trinajstić information content (AvgIpc) is 2.89. The molecule has 0 fully saturated rings. The van der Waals surface area contributed by atoms with Crippen molar-refractivity contribution >= 4 is 44.2 Å². The Morgan fingerprint density at radius 2 is 1.82 bits per heavy atom. The third kappa shape index (κ3) is 2.72. The van der Waals surface area contributed by atoms with Crippen LogP contribution in [0.1, 0.15) is 10.4 Å². The van der Waals surface area contributed by atoms with E-state index < -0.39 is 23.1 Å². The molecule has 2 aromatic carbocycles. The Labute approximate surface area is 132 Å². The highest BCUT2D eigenvalue weighted by Gasteiger charge is 2.17. The molecule has 22 heavy (non-hydrogen) atoms. The number of hydrazine groups is 1. The molecule has 1 amide bonds. The van der Waals surface area contributed by atoms with E-state index in [2.05, 4.69) is 15.8 Å². The van der Waals surface area contributed by atoms with Crippen LogP contribution in [0.5, 0.6) is 0 Å². The highest BCUT2D eigenvalue weighted by atomic mass is 35.5. The minimum atomic E-state index is -0.938. The van der Waals surface area contributed by atoms with Crippen molar-refractivity contribution in [2.75, 3.05) is 5.43 Å². The quantitative estimate of drug-likeness (QED) is 0.709. The first-order valence-corrected chi connectivity index (χ1v) is 7.31. The van der Waals surface area contributed by atoms with Gasteiger partial charge in [0, 0.05) is 0 Å². The number of rotatable bonds is 3. The van der Waals surface area contributed by atoms with Crippen LogP contribution < -0.4 is 10.9 Å². The molecule has 0 aliphatic heterocycles. The number of halogens is 3. The lowest BCUT2D eigenvalue weighted by Gasteiger charge is -2.06. The molecule has 3 rings (SSSR count). The van der Waals surface area contributed by atoms with E-state index in [1.54, 1.807) is 12.1 Å². The van der Waals surface area contributed by atoms with Crippen LogP contribution in [-0.2, 0) is 0 Å². The van der Waals surface area contributed by atoms with Crippen molar-refractivity contribution in [2.45, 2.75) is 0 Å². The Morgan fingerprint density at radius 1 is 1.14 bits per heavy atom. The average molecular weight is 340 g/mol. The van der Waals surface area contributed by atoms with E-state index in [1.807, 2.05) is 6.07 Å². The number of thiazole rings is 1. The largest absolute Gasteiger partial charge is 0.275 e. The fourth-order valence-electron chi connectivity index (χ4n) is 1.86. The summed E-state index contributed by atoms with van der Waals surface area (Å²) in [6.07, 6.45) is 0. The molecule has 0 aliphatic rings. The van der Waals surface area contributed by atoms with Gasteiger partial charge in [0.05, 0.1) is 9.72 Å². The van der Waals surface area contributed by atoms with Crippen molar-refractivity contribution < 1.29 is 13.6 Å². The molecule has 0 atom stereocenters. The summed E-state index contributed by atoms with van der Waals surface area (Å²) in [5, 5.41) is 0.835. The molecule has 0 bridgehead atoms. The minimum Gasteiger partial charge on any atom is -0.273 e. The molecule has 112 valence electrons. The Hall–Kier alpha value is -2.25. The minimum absolute atomic E-state index is 0.355. The van der Waals surface area contributed by atoms with Crippen LogP contribution in [0.2, 0.25) is 5.02 Å². The molecule has 0 spiro atoms. The maximum Gasteiger partial charge on any atom is 0.275 e. The van der Waals surface area contributed by atoms with Crippen LogP contribution in [0, 0.1) is 11.6 Å². The van der Waals surface area contributed by atoms with Gasteiger partial charge in [-0.2, -0.15) is 0 Å². The third-order valence-corrected chi connectivity index (χ3v) is 4.08. The van der Waals surface area contributed by atoms with E-state index in [-0.39, 0.29) is 0 Å². The molecular formula is C14H8ClF2N3OS. The summed E-state index contributed by atoms with van der Waals surface area (Å²) in [6.45, 7) is 0. The number of benzene rings is 2. The fourth-order valence-corrected chi connectivity index (χ4v) is 2.97. The van der Waals surface area contributed by atoms with Crippen molar-refractivity contribution in [2.24, 2.45) is 0 Å². The Balaban J connectivity index is 1.79. The van der Waals surface area contributed by atoms with Gasteiger partial charge in [-0.1, -0.05) is 35.1 Å². The first-order valence-electron chi connectivity index (χ1n) is 6.11. The Morgan fingerprint density at radius 3 is 2.50 bits per heavy atom. The monoisotopic (exact) mass is 339 g/mol. The zero-order valence-electron chi connectivity index (χ0n) is 10.9. The summed E-state index contributed by atoms with van der Waals surface area (Å²) < 4.78 is 27.8. The van der Waals surface area contributed by atoms with Crippen molar-refractivity contribution in [1.82, 2.24) is 10.4 Å². The van der Waals surface area contributed by atoms with Gasteiger partial charge >= 0.3 is 0 Å². The smallest absolute Gasteiger partial charge is 0.273 e. The van der Waals surface area contributed by atoms with E-state index in [1.165, 1.54) is 17.4 Å². The number of fused-ring (bicyclic) bond motifs is 1. The highest BCUT2D eigenvalue weighted by Crippen LogP contribution is 2.30. The van der Waals surface area contributed by atoms with Gasteiger partial charge in [0.25, 0.3) is 5.91 Å². The van der Waals surface area contributed by atoms with E-state index in [0.29, 0.717) is 15.7 Å². The molecule has 0 aliphatic carbocycles. The van der Waals surface area contributed by atoms with Crippen molar-refractivity contribution in [3.05, 3.63) is 58.6 Å². The second-order valence-corrected chi connectivity index (χ2v) is 5.72. The van der Waals surface area contributed by atoms with Gasteiger partial charge in [0.1, 0.15) is 22.7 Å². The number of nitrogens with one attached hydrogen (secondary N) is 2. The maximum absolute atomic E-state index is 13.5. The first-order chi connectivity index (χ1) is 10.6. The zero-order chi connectivity index (χ0) is 15.7. The van der Waals surface area contributed by atoms with Crippen molar-refractivity contribution in [3.63, 3.8) is 0 Å². The summed E-state index contributed by atoms with van der Waals surface area (Å²) >= 11 is 7.25. The summed E-state index contributed by atoms with van der Waals surface area (Å²) in [7, 11) is 0. The molecule has 1 heterocycles. The van der Waals surface area contributed by atoms with Crippen molar-refractivity contribution in [1.29, 1.82) is 0 Å². The normalized spacial score (nSPS) is 10.7. The number of carbonyl (C=O) groups excluding carboxylic acids is 1. The van der Waals surface area contributed by atoms with E-state index in [4.69, 9.17) is 11.6 Å². The molecule has 4 nitrogen and oxygen atoms in total. The lowest BCUT2D eigenvalue weighted by Crippen LogP contribution is -2.30. The molecular weight excluding hydrogens is 332 g/mol. The van der Waals surface area contributed by atoms with Crippen LogP contribution in [0.25, 0.3) is 10.2 Å². The molecule has 0 saturated heterocycles. The lowest BCUT2D eigenvalue weighted by molar-refractivity contribution is 0.0954. The SMILES string of the molecule is O=C(NNc1nc2c(Cl)cccc2s1)c1c(F)cccc1F. The van der Waals surface area contributed by atoms with Gasteiger partial charge in [-0.05, 0) is 24.3 Å². The van der Waals surface area contributed by atoms with Gasteiger partial charge in [0.2, 0.25) is 5.13 Å². The maximum atomic E-state index is 13.5. The molecule has 8 heteroatoms. The number of para-hydroxylation sites is 1.